The van der Waals surface area contributed by atoms with E-state index >= 15 is 0 Å². The summed E-state index contributed by atoms with van der Waals surface area (Å²) in [4.78, 5) is 25.4. The third kappa shape index (κ3) is 3.71. The number of para-hydroxylation sites is 1. The minimum absolute atomic E-state index is 0.0150. The number of amides is 1. The lowest BCUT2D eigenvalue weighted by Gasteiger charge is -2.35. The zero-order valence-electron chi connectivity index (χ0n) is 12.5. The van der Waals surface area contributed by atoms with Crippen LogP contribution >= 0.6 is 11.6 Å². The molecule has 0 aliphatic carbocycles. The van der Waals surface area contributed by atoms with Crippen LogP contribution in [0.25, 0.3) is 0 Å². The van der Waals surface area contributed by atoms with Crippen LogP contribution in [-0.2, 0) is 0 Å². The average Bonchev–Trinajstić information content (AvgIpc) is 2.56. The number of halogens is 1. The summed E-state index contributed by atoms with van der Waals surface area (Å²) in [5.74, 6) is -0.285. The molecule has 1 fully saturated rings. The maximum absolute atomic E-state index is 12.2. The lowest BCUT2D eigenvalue weighted by Crippen LogP contribution is -2.48. The number of carbonyl (C=O) groups excluding carboxylic acids is 1. The smallest absolute Gasteiger partial charge is 0.271 e. The third-order valence-electron chi connectivity index (χ3n) is 3.86. The van der Waals surface area contributed by atoms with Gasteiger partial charge in [0, 0.05) is 25.2 Å². The molecule has 120 valence electrons. The van der Waals surface area contributed by atoms with Gasteiger partial charge in [-0.1, -0.05) is 23.7 Å². The Morgan fingerprint density at radius 1 is 1.30 bits per heavy atom. The van der Waals surface area contributed by atoms with E-state index in [4.69, 9.17) is 11.6 Å². The summed E-state index contributed by atoms with van der Waals surface area (Å²) < 4.78 is 0. The molecule has 0 bridgehead atoms. The van der Waals surface area contributed by atoms with Crippen molar-refractivity contribution in [3.8, 4) is 0 Å². The zero-order chi connectivity index (χ0) is 16.2. The molecule has 1 aromatic carbocycles. The van der Waals surface area contributed by atoms with Gasteiger partial charge in [-0.2, -0.15) is 5.10 Å². The van der Waals surface area contributed by atoms with Crippen LogP contribution in [0.1, 0.15) is 23.3 Å². The maximum atomic E-state index is 12.2. The molecule has 1 aliphatic heterocycles. The fourth-order valence-corrected chi connectivity index (χ4v) is 3.01. The summed E-state index contributed by atoms with van der Waals surface area (Å²) in [7, 11) is 0. The second-order valence-corrected chi connectivity index (χ2v) is 5.92. The van der Waals surface area contributed by atoms with Crippen LogP contribution in [-0.4, -0.2) is 35.2 Å². The number of anilines is 1. The van der Waals surface area contributed by atoms with Gasteiger partial charge in [-0.25, -0.2) is 5.10 Å². The average molecular weight is 333 g/mol. The number of piperidine rings is 1. The molecule has 1 aliphatic rings. The number of benzene rings is 1. The van der Waals surface area contributed by atoms with Crippen molar-refractivity contribution in [1.29, 1.82) is 0 Å². The first-order chi connectivity index (χ1) is 11.1. The van der Waals surface area contributed by atoms with Crippen molar-refractivity contribution in [2.24, 2.45) is 0 Å². The third-order valence-corrected chi connectivity index (χ3v) is 4.18. The van der Waals surface area contributed by atoms with Crippen molar-refractivity contribution < 1.29 is 4.79 Å². The molecular weight excluding hydrogens is 316 g/mol. The molecule has 0 spiro atoms. The van der Waals surface area contributed by atoms with Gasteiger partial charge < -0.3 is 10.2 Å². The minimum Gasteiger partial charge on any atom is -0.368 e. The second-order valence-electron chi connectivity index (χ2n) is 5.52. The van der Waals surface area contributed by atoms with E-state index < -0.39 is 0 Å². The van der Waals surface area contributed by atoms with Gasteiger partial charge in [-0.05, 0) is 31.0 Å². The van der Waals surface area contributed by atoms with E-state index in [1.165, 1.54) is 12.1 Å². The molecule has 1 atom stereocenters. The lowest BCUT2D eigenvalue weighted by molar-refractivity contribution is 0.0927. The number of nitrogens with zero attached hydrogens (tertiary/aromatic N) is 2. The highest BCUT2D eigenvalue weighted by Crippen LogP contribution is 2.27. The summed E-state index contributed by atoms with van der Waals surface area (Å²) in [5, 5.41) is 9.69. The van der Waals surface area contributed by atoms with E-state index in [0.29, 0.717) is 11.6 Å². The van der Waals surface area contributed by atoms with E-state index in [1.807, 2.05) is 24.3 Å². The van der Waals surface area contributed by atoms with E-state index in [1.54, 1.807) is 0 Å². The predicted molar refractivity (Wildman–Crippen MR) is 89.0 cm³/mol. The number of hydrogen-bond donors (Lipinski definition) is 2. The summed E-state index contributed by atoms with van der Waals surface area (Å²) in [6, 6.07) is 10.4. The summed E-state index contributed by atoms with van der Waals surface area (Å²) in [6.45, 7) is 1.60. The number of aromatic amines is 1. The van der Waals surface area contributed by atoms with Crippen molar-refractivity contribution in [1.82, 2.24) is 15.5 Å². The molecule has 1 saturated heterocycles. The highest BCUT2D eigenvalue weighted by molar-refractivity contribution is 6.33. The number of nitrogens with one attached hydrogen (secondary N) is 2. The van der Waals surface area contributed by atoms with Crippen LogP contribution in [0.5, 0.6) is 0 Å². The number of H-pyrrole nitrogens is 1. The van der Waals surface area contributed by atoms with Crippen molar-refractivity contribution >= 4 is 23.2 Å². The summed E-state index contributed by atoms with van der Waals surface area (Å²) in [5.41, 5.74) is 0.860. The Kier molecular flexibility index (Phi) is 4.62. The summed E-state index contributed by atoms with van der Waals surface area (Å²) in [6.07, 6.45) is 1.87. The zero-order valence-corrected chi connectivity index (χ0v) is 13.2. The van der Waals surface area contributed by atoms with Crippen molar-refractivity contribution in [2.45, 2.75) is 18.9 Å². The Morgan fingerprint density at radius 2 is 2.13 bits per heavy atom. The Bertz CT molecular complexity index is 741. The maximum Gasteiger partial charge on any atom is 0.271 e. The Labute approximate surface area is 138 Å². The fraction of sp³-hybridized carbons (Fsp3) is 0.312. The first-order valence-corrected chi connectivity index (χ1v) is 7.87. The molecule has 0 saturated carbocycles. The van der Waals surface area contributed by atoms with Crippen LogP contribution in [0.3, 0.4) is 0 Å². The number of carbonyl (C=O) groups is 1. The highest BCUT2D eigenvalue weighted by Gasteiger charge is 2.23. The molecule has 2 aromatic rings. The molecule has 23 heavy (non-hydrogen) atoms. The van der Waals surface area contributed by atoms with Gasteiger partial charge in [0.15, 0.2) is 0 Å². The SMILES string of the molecule is O=C(NC1CCCN(c2ccccc2Cl)C1)c1ccc(=O)[nH]n1. The number of hydrogen-bond acceptors (Lipinski definition) is 4. The number of aromatic nitrogens is 2. The standard InChI is InChI=1S/C16H17ClN4O2/c17-12-5-1-2-6-14(12)21-9-3-4-11(10-21)18-16(23)13-7-8-15(22)20-19-13/h1-2,5-8,11H,3-4,9-10H2,(H,18,23)(H,20,22). The number of rotatable bonds is 3. The van der Waals surface area contributed by atoms with Gasteiger partial charge >= 0.3 is 0 Å². The molecule has 7 heteroatoms. The van der Waals surface area contributed by atoms with Gasteiger partial charge in [-0.3, -0.25) is 9.59 Å². The van der Waals surface area contributed by atoms with E-state index in [9.17, 15) is 9.59 Å². The minimum atomic E-state index is -0.330. The molecule has 1 amide bonds. The van der Waals surface area contributed by atoms with E-state index in [2.05, 4.69) is 20.4 Å². The second kappa shape index (κ2) is 6.83. The first-order valence-electron chi connectivity index (χ1n) is 7.49. The van der Waals surface area contributed by atoms with E-state index in [-0.39, 0.29) is 23.2 Å². The molecule has 1 unspecified atom stereocenters. The molecule has 1 aromatic heterocycles. The molecule has 6 nitrogen and oxygen atoms in total. The predicted octanol–water partition coefficient (Wildman–Crippen LogP) is 1.82. The van der Waals surface area contributed by atoms with Gasteiger partial charge in [0.2, 0.25) is 0 Å². The van der Waals surface area contributed by atoms with Crippen LogP contribution < -0.4 is 15.8 Å². The van der Waals surface area contributed by atoms with E-state index in [0.717, 1.165) is 25.1 Å². The topological polar surface area (TPSA) is 78.1 Å². The van der Waals surface area contributed by atoms with Crippen molar-refractivity contribution in [2.75, 3.05) is 18.0 Å². The Morgan fingerprint density at radius 3 is 2.87 bits per heavy atom. The normalized spacial score (nSPS) is 17.8. The van der Waals surface area contributed by atoms with Gasteiger partial charge in [0.1, 0.15) is 5.69 Å². The monoisotopic (exact) mass is 332 g/mol. The Hall–Kier alpha value is -2.34. The summed E-state index contributed by atoms with van der Waals surface area (Å²) >= 11 is 6.25. The van der Waals surface area contributed by atoms with Crippen LogP contribution in [0.4, 0.5) is 5.69 Å². The molecule has 0 radical (unpaired) electrons. The molecular formula is C16H17ClN4O2. The van der Waals surface area contributed by atoms with Crippen LogP contribution in [0.15, 0.2) is 41.2 Å². The van der Waals surface area contributed by atoms with Gasteiger partial charge in [0.05, 0.1) is 10.7 Å². The molecule has 2 N–H and O–H groups in total. The quantitative estimate of drug-likeness (QED) is 0.898. The lowest BCUT2D eigenvalue weighted by atomic mass is 10.0. The van der Waals surface area contributed by atoms with Crippen LogP contribution in [0.2, 0.25) is 5.02 Å². The first kappa shape index (κ1) is 15.6. The highest BCUT2D eigenvalue weighted by atomic mass is 35.5. The van der Waals surface area contributed by atoms with Crippen LogP contribution in [0, 0.1) is 0 Å². The molecule has 3 rings (SSSR count). The molecule has 2 heterocycles. The van der Waals surface area contributed by atoms with Gasteiger partial charge in [0.25, 0.3) is 11.5 Å². The largest absolute Gasteiger partial charge is 0.368 e. The van der Waals surface area contributed by atoms with Crippen molar-refractivity contribution in [3.05, 3.63) is 57.5 Å². The van der Waals surface area contributed by atoms with Gasteiger partial charge in [-0.15, -0.1) is 0 Å². The van der Waals surface area contributed by atoms with Crippen molar-refractivity contribution in [3.63, 3.8) is 0 Å². The fourth-order valence-electron chi connectivity index (χ4n) is 2.75. The Balaban J connectivity index is 1.67.